The number of nitrogens with zero attached hydrogens (tertiary/aromatic N) is 1. The molecule has 3 aromatic rings. The molecule has 1 aliphatic heterocycles. The third-order valence-corrected chi connectivity index (χ3v) is 5.26. The number of amides is 2. The minimum absolute atomic E-state index is 0.0917. The van der Waals surface area contributed by atoms with Crippen molar-refractivity contribution in [3.05, 3.63) is 76.2 Å². The van der Waals surface area contributed by atoms with Crippen LogP contribution < -0.4 is 15.0 Å². The molecule has 0 saturated heterocycles. The van der Waals surface area contributed by atoms with E-state index in [0.29, 0.717) is 22.7 Å². The van der Waals surface area contributed by atoms with Crippen molar-refractivity contribution in [2.75, 3.05) is 16.8 Å². The molecule has 0 radical (unpaired) electrons. The van der Waals surface area contributed by atoms with Crippen LogP contribution in [0.15, 0.2) is 60.0 Å². The fourth-order valence-electron chi connectivity index (χ4n) is 3.03. The number of nitrogens with one attached hydrogen (secondary N) is 1. The van der Waals surface area contributed by atoms with Crippen molar-refractivity contribution in [3.63, 3.8) is 0 Å². The molecule has 2 aromatic carbocycles. The van der Waals surface area contributed by atoms with Gasteiger partial charge in [-0.05, 0) is 35.7 Å². The summed E-state index contributed by atoms with van der Waals surface area (Å²) in [6.07, 6.45) is 0.281. The average molecular weight is 396 g/mol. The quantitative estimate of drug-likeness (QED) is 0.709. The topological polar surface area (TPSA) is 58.6 Å². The summed E-state index contributed by atoms with van der Waals surface area (Å²) in [5, 5.41) is 4.76. The SMILES string of the molecule is O=C(Cc1cccs1)Nc1ccc2c(c1)N(Cc1ccccc1F)C(=O)CO2. The molecule has 2 heterocycles. The minimum atomic E-state index is -0.372. The second-order valence-corrected chi connectivity index (χ2v) is 7.38. The molecule has 0 atom stereocenters. The molecular formula is C21H17FN2O3S. The zero-order chi connectivity index (χ0) is 19.5. The number of anilines is 2. The van der Waals surface area contributed by atoms with Gasteiger partial charge in [-0.2, -0.15) is 0 Å². The van der Waals surface area contributed by atoms with Gasteiger partial charge in [-0.25, -0.2) is 4.39 Å². The largest absolute Gasteiger partial charge is 0.482 e. The number of benzene rings is 2. The fraction of sp³-hybridized carbons (Fsp3) is 0.143. The Kier molecular flexibility index (Phi) is 5.08. The predicted molar refractivity (Wildman–Crippen MR) is 106 cm³/mol. The summed E-state index contributed by atoms with van der Waals surface area (Å²) < 4.78 is 19.5. The first kappa shape index (κ1) is 18.2. The van der Waals surface area contributed by atoms with E-state index in [4.69, 9.17) is 4.74 Å². The normalized spacial score (nSPS) is 13.0. The molecular weight excluding hydrogens is 379 g/mol. The molecule has 0 bridgehead atoms. The van der Waals surface area contributed by atoms with Gasteiger partial charge in [-0.1, -0.05) is 24.3 Å². The Balaban J connectivity index is 1.57. The summed E-state index contributed by atoms with van der Waals surface area (Å²) >= 11 is 1.52. The van der Waals surface area contributed by atoms with E-state index in [9.17, 15) is 14.0 Å². The minimum Gasteiger partial charge on any atom is -0.482 e. The van der Waals surface area contributed by atoms with Crippen molar-refractivity contribution in [1.29, 1.82) is 0 Å². The molecule has 7 heteroatoms. The summed E-state index contributed by atoms with van der Waals surface area (Å²) in [6, 6.07) is 15.3. The molecule has 1 N–H and O–H groups in total. The number of halogens is 1. The smallest absolute Gasteiger partial charge is 0.265 e. The maximum Gasteiger partial charge on any atom is 0.265 e. The van der Waals surface area contributed by atoms with Crippen molar-refractivity contribution in [2.45, 2.75) is 13.0 Å². The highest BCUT2D eigenvalue weighted by atomic mass is 32.1. The van der Waals surface area contributed by atoms with Crippen molar-refractivity contribution < 1.29 is 18.7 Å². The molecule has 1 aliphatic rings. The molecule has 142 valence electrons. The van der Waals surface area contributed by atoms with Gasteiger partial charge in [0.25, 0.3) is 5.91 Å². The third-order valence-electron chi connectivity index (χ3n) is 4.39. The van der Waals surface area contributed by atoms with Crippen molar-refractivity contribution in [1.82, 2.24) is 0 Å². The summed E-state index contributed by atoms with van der Waals surface area (Å²) in [6.45, 7) is -0.0139. The van der Waals surface area contributed by atoms with Crippen LogP contribution in [0.3, 0.4) is 0 Å². The van der Waals surface area contributed by atoms with Crippen LogP contribution in [0.5, 0.6) is 5.75 Å². The Morgan fingerprint density at radius 1 is 1.18 bits per heavy atom. The molecule has 2 amide bonds. The first-order chi connectivity index (χ1) is 13.6. The standard InChI is InChI=1S/C21H17FN2O3S/c22-17-6-2-1-4-14(17)12-24-18-10-15(7-8-19(18)27-13-21(24)26)23-20(25)11-16-5-3-9-28-16/h1-10H,11-13H2,(H,23,25). The summed E-state index contributed by atoms with van der Waals surface area (Å²) in [5.41, 5.74) is 1.47. The van der Waals surface area contributed by atoms with Gasteiger partial charge in [0.15, 0.2) is 6.61 Å². The number of hydrogen-bond acceptors (Lipinski definition) is 4. The van der Waals surface area contributed by atoms with Gasteiger partial charge < -0.3 is 15.0 Å². The van der Waals surface area contributed by atoms with Crippen molar-refractivity contribution in [2.24, 2.45) is 0 Å². The number of carbonyl (C=O) groups is 2. The van der Waals surface area contributed by atoms with Crippen LogP contribution in [0.2, 0.25) is 0 Å². The Labute approximate surface area is 165 Å². The van der Waals surface area contributed by atoms with E-state index < -0.39 is 0 Å². The lowest BCUT2D eigenvalue weighted by molar-refractivity contribution is -0.121. The number of fused-ring (bicyclic) bond motifs is 1. The molecule has 0 unspecified atom stereocenters. The lowest BCUT2D eigenvalue weighted by atomic mass is 10.1. The van der Waals surface area contributed by atoms with E-state index in [1.54, 1.807) is 36.4 Å². The predicted octanol–water partition coefficient (Wildman–Crippen LogP) is 3.99. The second kappa shape index (κ2) is 7.82. The van der Waals surface area contributed by atoms with E-state index >= 15 is 0 Å². The van der Waals surface area contributed by atoms with Crippen LogP contribution in [0.1, 0.15) is 10.4 Å². The first-order valence-electron chi connectivity index (χ1n) is 8.73. The molecule has 28 heavy (non-hydrogen) atoms. The Morgan fingerprint density at radius 2 is 2.04 bits per heavy atom. The van der Waals surface area contributed by atoms with Gasteiger partial charge in [0.05, 0.1) is 18.7 Å². The molecule has 5 nitrogen and oxygen atoms in total. The number of rotatable bonds is 5. The Bertz CT molecular complexity index is 1020. The van der Waals surface area contributed by atoms with E-state index in [2.05, 4.69) is 5.32 Å². The lowest BCUT2D eigenvalue weighted by Crippen LogP contribution is -2.38. The molecule has 0 saturated carbocycles. The highest BCUT2D eigenvalue weighted by molar-refractivity contribution is 7.10. The van der Waals surface area contributed by atoms with Gasteiger partial charge in [0.2, 0.25) is 5.91 Å². The van der Waals surface area contributed by atoms with Crippen LogP contribution in [0.4, 0.5) is 15.8 Å². The summed E-state index contributed by atoms with van der Waals surface area (Å²) in [7, 11) is 0. The van der Waals surface area contributed by atoms with Crippen molar-refractivity contribution in [3.8, 4) is 5.75 Å². The van der Waals surface area contributed by atoms with Gasteiger partial charge >= 0.3 is 0 Å². The van der Waals surface area contributed by atoms with Gasteiger partial charge in [0.1, 0.15) is 11.6 Å². The van der Waals surface area contributed by atoms with E-state index in [1.807, 2.05) is 17.5 Å². The van der Waals surface area contributed by atoms with Gasteiger partial charge in [-0.15, -0.1) is 11.3 Å². The number of hydrogen-bond donors (Lipinski definition) is 1. The zero-order valence-electron chi connectivity index (χ0n) is 14.9. The monoisotopic (exact) mass is 396 g/mol. The van der Waals surface area contributed by atoms with Crippen LogP contribution in [0, 0.1) is 5.82 Å². The summed E-state index contributed by atoms with van der Waals surface area (Å²) in [5.74, 6) is -0.264. The molecule has 0 fully saturated rings. The second-order valence-electron chi connectivity index (χ2n) is 6.35. The van der Waals surface area contributed by atoms with Crippen LogP contribution in [0.25, 0.3) is 0 Å². The third kappa shape index (κ3) is 3.89. The number of ether oxygens (including phenoxy) is 1. The highest BCUT2D eigenvalue weighted by Gasteiger charge is 2.27. The number of carbonyl (C=O) groups excluding carboxylic acids is 2. The fourth-order valence-corrected chi connectivity index (χ4v) is 3.73. The van der Waals surface area contributed by atoms with E-state index in [1.165, 1.54) is 22.3 Å². The van der Waals surface area contributed by atoms with Gasteiger partial charge in [0, 0.05) is 16.1 Å². The maximum atomic E-state index is 14.1. The maximum absolute atomic E-state index is 14.1. The molecule has 0 aliphatic carbocycles. The van der Waals surface area contributed by atoms with Crippen LogP contribution in [-0.2, 0) is 22.6 Å². The average Bonchev–Trinajstić information content (AvgIpc) is 3.18. The lowest BCUT2D eigenvalue weighted by Gasteiger charge is -2.30. The van der Waals surface area contributed by atoms with Crippen LogP contribution >= 0.6 is 11.3 Å². The van der Waals surface area contributed by atoms with Crippen molar-refractivity contribution >= 4 is 34.5 Å². The van der Waals surface area contributed by atoms with E-state index in [-0.39, 0.29) is 37.2 Å². The molecule has 0 spiro atoms. The first-order valence-corrected chi connectivity index (χ1v) is 9.61. The molecule has 1 aromatic heterocycles. The number of thiophene rings is 1. The van der Waals surface area contributed by atoms with Gasteiger partial charge in [-0.3, -0.25) is 9.59 Å². The van der Waals surface area contributed by atoms with E-state index in [0.717, 1.165) is 4.88 Å². The molecule has 4 rings (SSSR count). The Morgan fingerprint density at radius 3 is 2.82 bits per heavy atom. The summed E-state index contributed by atoms with van der Waals surface area (Å²) in [4.78, 5) is 27.1. The van der Waals surface area contributed by atoms with Crippen LogP contribution in [-0.4, -0.2) is 18.4 Å². The highest BCUT2D eigenvalue weighted by Crippen LogP contribution is 2.35. The zero-order valence-corrected chi connectivity index (χ0v) is 15.7. The Hall–Kier alpha value is -3.19.